The maximum atomic E-state index is 12.7. The van der Waals surface area contributed by atoms with Crippen molar-refractivity contribution in [3.05, 3.63) is 22.1 Å². The van der Waals surface area contributed by atoms with Gasteiger partial charge in [0.25, 0.3) is 11.5 Å². The van der Waals surface area contributed by atoms with Gasteiger partial charge in [0.05, 0.1) is 13.2 Å². The van der Waals surface area contributed by atoms with E-state index in [1.165, 1.54) is 22.0 Å². The Hall–Kier alpha value is -2.00. The van der Waals surface area contributed by atoms with Crippen LogP contribution in [0.1, 0.15) is 29.6 Å². The Bertz CT molecular complexity index is 805. The molecule has 2 saturated heterocycles. The lowest BCUT2D eigenvalue weighted by molar-refractivity contribution is 0.0721. The van der Waals surface area contributed by atoms with E-state index in [1.54, 1.807) is 4.90 Å². The summed E-state index contributed by atoms with van der Waals surface area (Å²) in [4.78, 5) is 33.9. The molecule has 0 saturated carbocycles. The van der Waals surface area contributed by atoms with Gasteiger partial charge in [0, 0.05) is 32.4 Å². The standard InChI is InChI=1S/C15H19N5O3S/c21-12(18-4-2-1-3-5-18)11-10-16-14-20(13(11)22)17-15(24-14)19-6-8-23-9-7-19/h10H,1-9H2. The second-order valence-electron chi connectivity index (χ2n) is 6.01. The Balaban J connectivity index is 1.66. The van der Waals surface area contributed by atoms with Crippen LogP contribution in [0.15, 0.2) is 11.0 Å². The Morgan fingerprint density at radius 1 is 1.12 bits per heavy atom. The Morgan fingerprint density at radius 2 is 1.88 bits per heavy atom. The van der Waals surface area contributed by atoms with Gasteiger partial charge in [-0.15, -0.1) is 5.10 Å². The van der Waals surface area contributed by atoms with Crippen LogP contribution in [0.5, 0.6) is 0 Å². The number of hydrogen-bond donors (Lipinski definition) is 0. The van der Waals surface area contributed by atoms with Gasteiger partial charge in [0.2, 0.25) is 10.1 Å². The summed E-state index contributed by atoms with van der Waals surface area (Å²) in [5, 5.41) is 5.13. The molecule has 0 bridgehead atoms. The van der Waals surface area contributed by atoms with Crippen LogP contribution in [0, 0.1) is 0 Å². The molecular weight excluding hydrogens is 330 g/mol. The first-order valence-electron chi connectivity index (χ1n) is 8.25. The fourth-order valence-electron chi connectivity index (χ4n) is 3.07. The first-order valence-corrected chi connectivity index (χ1v) is 9.06. The van der Waals surface area contributed by atoms with Crippen molar-refractivity contribution in [2.24, 2.45) is 0 Å². The van der Waals surface area contributed by atoms with Gasteiger partial charge in [-0.3, -0.25) is 9.59 Å². The minimum Gasteiger partial charge on any atom is -0.378 e. The van der Waals surface area contributed by atoms with Crippen molar-refractivity contribution in [3.8, 4) is 0 Å². The minimum absolute atomic E-state index is 0.105. The zero-order valence-electron chi connectivity index (χ0n) is 13.3. The summed E-state index contributed by atoms with van der Waals surface area (Å²) in [6.07, 6.45) is 4.51. The summed E-state index contributed by atoms with van der Waals surface area (Å²) in [7, 11) is 0. The summed E-state index contributed by atoms with van der Waals surface area (Å²) in [6.45, 7) is 4.20. The number of morpholine rings is 1. The molecule has 2 aliphatic rings. The zero-order chi connectivity index (χ0) is 16.5. The van der Waals surface area contributed by atoms with Crippen LogP contribution >= 0.6 is 11.3 Å². The highest BCUT2D eigenvalue weighted by Gasteiger charge is 2.24. The fourth-order valence-corrected chi connectivity index (χ4v) is 3.99. The lowest BCUT2D eigenvalue weighted by Gasteiger charge is -2.26. The molecule has 0 aliphatic carbocycles. The molecule has 2 fully saturated rings. The van der Waals surface area contributed by atoms with Crippen LogP contribution in [0.4, 0.5) is 5.13 Å². The van der Waals surface area contributed by atoms with Gasteiger partial charge >= 0.3 is 0 Å². The van der Waals surface area contributed by atoms with Crippen molar-refractivity contribution >= 4 is 27.3 Å². The van der Waals surface area contributed by atoms with Crippen molar-refractivity contribution in [3.63, 3.8) is 0 Å². The molecule has 0 unspecified atom stereocenters. The zero-order valence-corrected chi connectivity index (χ0v) is 14.1. The number of aromatic nitrogens is 3. The highest BCUT2D eigenvalue weighted by molar-refractivity contribution is 7.20. The second-order valence-corrected chi connectivity index (χ2v) is 6.94. The van der Waals surface area contributed by atoms with E-state index in [0.29, 0.717) is 31.3 Å². The molecule has 0 radical (unpaired) electrons. The van der Waals surface area contributed by atoms with E-state index >= 15 is 0 Å². The Morgan fingerprint density at radius 3 is 2.62 bits per heavy atom. The molecule has 1 amide bonds. The largest absolute Gasteiger partial charge is 0.378 e. The maximum absolute atomic E-state index is 12.7. The van der Waals surface area contributed by atoms with Gasteiger partial charge in [-0.25, -0.2) is 4.98 Å². The first kappa shape index (κ1) is 15.5. The number of likely N-dealkylation sites (tertiary alicyclic amines) is 1. The Labute approximate surface area is 142 Å². The van der Waals surface area contributed by atoms with E-state index < -0.39 is 0 Å². The molecule has 0 spiro atoms. The lowest BCUT2D eigenvalue weighted by atomic mass is 10.1. The molecular formula is C15H19N5O3S. The van der Waals surface area contributed by atoms with Gasteiger partial charge in [0.1, 0.15) is 5.56 Å². The monoisotopic (exact) mass is 349 g/mol. The summed E-state index contributed by atoms with van der Waals surface area (Å²) < 4.78 is 6.59. The third-order valence-corrected chi connectivity index (χ3v) is 5.41. The van der Waals surface area contributed by atoms with Crippen molar-refractivity contribution in [1.82, 2.24) is 19.5 Å². The summed E-state index contributed by atoms with van der Waals surface area (Å²) in [6, 6.07) is 0. The normalized spacial score (nSPS) is 19.0. The van der Waals surface area contributed by atoms with Gasteiger partial charge in [-0.2, -0.15) is 4.52 Å². The number of anilines is 1. The summed E-state index contributed by atoms with van der Waals surface area (Å²) in [5.41, 5.74) is -0.278. The number of carbonyl (C=O) groups is 1. The van der Waals surface area contributed by atoms with E-state index in [1.807, 2.05) is 0 Å². The van der Waals surface area contributed by atoms with Crippen LogP contribution in [-0.4, -0.2) is 64.8 Å². The molecule has 0 N–H and O–H groups in total. The first-order chi connectivity index (χ1) is 11.7. The maximum Gasteiger partial charge on any atom is 0.288 e. The molecule has 0 aromatic carbocycles. The van der Waals surface area contributed by atoms with Crippen LogP contribution < -0.4 is 10.5 Å². The van der Waals surface area contributed by atoms with Gasteiger partial charge < -0.3 is 14.5 Å². The van der Waals surface area contributed by atoms with Gasteiger partial charge in [-0.1, -0.05) is 11.3 Å². The Kier molecular flexibility index (Phi) is 4.19. The van der Waals surface area contributed by atoms with E-state index in [-0.39, 0.29) is 17.0 Å². The van der Waals surface area contributed by atoms with Crippen LogP contribution in [0.3, 0.4) is 0 Å². The quantitative estimate of drug-likeness (QED) is 0.790. The topological polar surface area (TPSA) is 80.0 Å². The van der Waals surface area contributed by atoms with Crippen LogP contribution in [-0.2, 0) is 4.74 Å². The molecule has 0 atom stereocenters. The minimum atomic E-state index is -0.383. The third-order valence-electron chi connectivity index (χ3n) is 4.43. The number of amides is 1. The molecule has 2 aliphatic heterocycles. The van der Waals surface area contributed by atoms with E-state index in [4.69, 9.17) is 4.74 Å². The molecule has 9 heteroatoms. The van der Waals surface area contributed by atoms with E-state index in [9.17, 15) is 9.59 Å². The van der Waals surface area contributed by atoms with Crippen molar-refractivity contribution in [1.29, 1.82) is 0 Å². The predicted octanol–water partition coefficient (Wildman–Crippen LogP) is 0.614. The molecule has 2 aromatic heterocycles. The number of ether oxygens (including phenoxy) is 1. The van der Waals surface area contributed by atoms with Gasteiger partial charge in [-0.05, 0) is 19.3 Å². The van der Waals surface area contributed by atoms with Crippen molar-refractivity contribution in [2.45, 2.75) is 19.3 Å². The number of hydrogen-bond acceptors (Lipinski definition) is 7. The van der Waals surface area contributed by atoms with Gasteiger partial charge in [0.15, 0.2) is 0 Å². The fraction of sp³-hybridized carbons (Fsp3) is 0.600. The average Bonchev–Trinajstić information content (AvgIpc) is 3.08. The molecule has 4 heterocycles. The van der Waals surface area contributed by atoms with Crippen LogP contribution in [0.25, 0.3) is 4.96 Å². The van der Waals surface area contributed by atoms with Crippen molar-refractivity contribution < 1.29 is 9.53 Å². The number of piperidine rings is 1. The number of nitrogens with zero attached hydrogens (tertiary/aromatic N) is 5. The van der Waals surface area contributed by atoms with E-state index in [2.05, 4.69) is 15.0 Å². The van der Waals surface area contributed by atoms with Crippen molar-refractivity contribution in [2.75, 3.05) is 44.3 Å². The molecule has 24 heavy (non-hydrogen) atoms. The molecule has 8 nitrogen and oxygen atoms in total. The smallest absolute Gasteiger partial charge is 0.288 e. The number of rotatable bonds is 2. The SMILES string of the molecule is O=C(c1cnc2sc(N3CCOCC3)nn2c1=O)N1CCCCC1. The predicted molar refractivity (Wildman–Crippen MR) is 89.9 cm³/mol. The highest BCUT2D eigenvalue weighted by atomic mass is 32.1. The van der Waals surface area contributed by atoms with Crippen LogP contribution in [0.2, 0.25) is 0 Å². The molecule has 4 rings (SSSR count). The third kappa shape index (κ3) is 2.78. The summed E-state index contributed by atoms with van der Waals surface area (Å²) in [5.74, 6) is -0.234. The summed E-state index contributed by atoms with van der Waals surface area (Å²) >= 11 is 1.36. The molecule has 2 aromatic rings. The highest BCUT2D eigenvalue weighted by Crippen LogP contribution is 2.22. The molecule has 128 valence electrons. The number of carbonyl (C=O) groups excluding carboxylic acids is 1. The average molecular weight is 349 g/mol. The number of fused-ring (bicyclic) bond motifs is 1. The lowest BCUT2D eigenvalue weighted by Crippen LogP contribution is -2.39. The van der Waals surface area contributed by atoms with E-state index in [0.717, 1.165) is 37.5 Å². The second kappa shape index (κ2) is 6.48.